The van der Waals surface area contributed by atoms with Crippen LogP contribution in [0, 0.1) is 0 Å². The monoisotopic (exact) mass is 233 g/mol. The molecule has 1 aromatic heterocycles. The minimum atomic E-state index is 0.972. The van der Waals surface area contributed by atoms with Crippen LogP contribution in [0.1, 0.15) is 5.69 Å². The van der Waals surface area contributed by atoms with Crippen molar-refractivity contribution in [2.24, 2.45) is 0 Å². The molecule has 0 saturated carbocycles. The molecule has 0 aliphatic carbocycles. The maximum absolute atomic E-state index is 4.18. The topological polar surface area (TPSA) is 40.7 Å². The average molecular weight is 233 g/mol. The summed E-state index contributed by atoms with van der Waals surface area (Å²) in [7, 11) is 0. The second-order valence-corrected chi connectivity index (χ2v) is 4.51. The first kappa shape index (κ1) is 11.1. The maximum atomic E-state index is 4.18. The Kier molecular flexibility index (Phi) is 4.31. The molecule has 3 nitrogen and oxygen atoms in total. The van der Waals surface area contributed by atoms with Gasteiger partial charge in [0.2, 0.25) is 0 Å². The van der Waals surface area contributed by atoms with Crippen LogP contribution in [-0.2, 0) is 5.75 Å². The Morgan fingerprint density at radius 3 is 2.88 bits per heavy atom. The van der Waals surface area contributed by atoms with E-state index in [1.165, 1.54) is 5.69 Å². The fourth-order valence-electron chi connectivity index (χ4n) is 1.37. The summed E-state index contributed by atoms with van der Waals surface area (Å²) in [6.07, 6.45) is 3.66. The first-order valence-corrected chi connectivity index (χ1v) is 6.45. The number of nitrogens with one attached hydrogen (secondary N) is 2. The van der Waals surface area contributed by atoms with Crippen molar-refractivity contribution in [3.63, 3.8) is 0 Å². The van der Waals surface area contributed by atoms with E-state index in [-0.39, 0.29) is 0 Å². The molecule has 4 heteroatoms. The average Bonchev–Trinajstić information content (AvgIpc) is 2.83. The number of imidazole rings is 1. The lowest BCUT2D eigenvalue weighted by atomic mass is 10.3. The quantitative estimate of drug-likeness (QED) is 0.754. The van der Waals surface area contributed by atoms with Gasteiger partial charge in [-0.2, -0.15) is 11.8 Å². The normalized spacial score (nSPS) is 10.2. The first-order valence-electron chi connectivity index (χ1n) is 5.29. The molecule has 2 aromatic rings. The number of thioether (sulfide) groups is 1. The molecule has 0 atom stereocenters. The van der Waals surface area contributed by atoms with E-state index in [1.807, 2.05) is 36.2 Å². The summed E-state index contributed by atoms with van der Waals surface area (Å²) in [5.74, 6) is 2.06. The second kappa shape index (κ2) is 6.23. The van der Waals surface area contributed by atoms with Crippen LogP contribution in [0.5, 0.6) is 0 Å². The van der Waals surface area contributed by atoms with Gasteiger partial charge in [0.15, 0.2) is 0 Å². The smallest absolute Gasteiger partial charge is 0.0923 e. The van der Waals surface area contributed by atoms with E-state index >= 15 is 0 Å². The van der Waals surface area contributed by atoms with Crippen LogP contribution in [0.15, 0.2) is 42.9 Å². The molecule has 84 valence electrons. The van der Waals surface area contributed by atoms with Crippen molar-refractivity contribution >= 4 is 17.4 Å². The van der Waals surface area contributed by atoms with Crippen molar-refractivity contribution < 1.29 is 0 Å². The Bertz CT molecular complexity index is 386. The van der Waals surface area contributed by atoms with Crippen molar-refractivity contribution in [1.29, 1.82) is 0 Å². The SMILES string of the molecule is c1ccc(NCCSCc2c[nH]cn2)cc1. The van der Waals surface area contributed by atoms with Crippen LogP contribution in [0.4, 0.5) is 5.69 Å². The number of nitrogens with zero attached hydrogens (tertiary/aromatic N) is 1. The summed E-state index contributed by atoms with van der Waals surface area (Å²) in [5.41, 5.74) is 2.30. The van der Waals surface area contributed by atoms with Gasteiger partial charge >= 0.3 is 0 Å². The van der Waals surface area contributed by atoms with E-state index in [4.69, 9.17) is 0 Å². The van der Waals surface area contributed by atoms with E-state index in [9.17, 15) is 0 Å². The van der Waals surface area contributed by atoms with Crippen molar-refractivity contribution in [2.75, 3.05) is 17.6 Å². The number of hydrogen-bond donors (Lipinski definition) is 2. The largest absolute Gasteiger partial charge is 0.384 e. The van der Waals surface area contributed by atoms with Gasteiger partial charge in [0.05, 0.1) is 12.0 Å². The molecule has 16 heavy (non-hydrogen) atoms. The van der Waals surface area contributed by atoms with Crippen molar-refractivity contribution in [3.05, 3.63) is 48.5 Å². The highest BCUT2D eigenvalue weighted by Crippen LogP contribution is 2.09. The third-order valence-electron chi connectivity index (χ3n) is 2.15. The second-order valence-electron chi connectivity index (χ2n) is 3.41. The zero-order valence-electron chi connectivity index (χ0n) is 9.02. The zero-order valence-corrected chi connectivity index (χ0v) is 9.83. The third kappa shape index (κ3) is 3.62. The van der Waals surface area contributed by atoms with Crippen LogP contribution in [0.25, 0.3) is 0 Å². The number of aromatic nitrogens is 2. The highest BCUT2D eigenvalue weighted by atomic mass is 32.2. The molecule has 0 aliphatic heterocycles. The number of aromatic amines is 1. The van der Waals surface area contributed by atoms with Gasteiger partial charge in [0.25, 0.3) is 0 Å². The molecule has 1 heterocycles. The van der Waals surface area contributed by atoms with Crippen LogP contribution < -0.4 is 5.32 Å². The van der Waals surface area contributed by atoms with Crippen molar-refractivity contribution in [1.82, 2.24) is 9.97 Å². The fourth-order valence-corrected chi connectivity index (χ4v) is 2.13. The molecule has 0 saturated heterocycles. The van der Waals surface area contributed by atoms with Gasteiger partial charge in [0.1, 0.15) is 0 Å². The van der Waals surface area contributed by atoms with E-state index < -0.39 is 0 Å². The number of H-pyrrole nitrogens is 1. The minimum absolute atomic E-state index is 0.972. The molecule has 0 amide bonds. The van der Waals surface area contributed by atoms with Crippen LogP contribution in [-0.4, -0.2) is 22.3 Å². The van der Waals surface area contributed by atoms with Crippen LogP contribution >= 0.6 is 11.8 Å². The number of hydrogen-bond acceptors (Lipinski definition) is 3. The number of anilines is 1. The van der Waals surface area contributed by atoms with Gasteiger partial charge in [-0.25, -0.2) is 4.98 Å². The Balaban J connectivity index is 1.59. The minimum Gasteiger partial charge on any atom is -0.384 e. The van der Waals surface area contributed by atoms with Gasteiger partial charge in [-0.05, 0) is 12.1 Å². The van der Waals surface area contributed by atoms with E-state index in [2.05, 4.69) is 27.4 Å². The molecule has 0 spiro atoms. The Hall–Kier alpha value is -1.42. The molecule has 0 radical (unpaired) electrons. The first-order chi connectivity index (χ1) is 7.95. The standard InChI is InChI=1S/C12H15N3S/c1-2-4-11(5-3-1)14-6-7-16-9-12-8-13-10-15-12/h1-5,8,10,14H,6-7,9H2,(H,13,15). The highest BCUT2D eigenvalue weighted by molar-refractivity contribution is 7.98. The predicted molar refractivity (Wildman–Crippen MR) is 69.7 cm³/mol. The Labute approximate surface area is 99.7 Å². The third-order valence-corrected chi connectivity index (χ3v) is 3.15. The van der Waals surface area contributed by atoms with Gasteiger partial charge in [0, 0.05) is 29.9 Å². The Morgan fingerprint density at radius 1 is 1.25 bits per heavy atom. The van der Waals surface area contributed by atoms with Gasteiger partial charge < -0.3 is 10.3 Å². The van der Waals surface area contributed by atoms with Crippen LogP contribution in [0.3, 0.4) is 0 Å². The molecule has 0 bridgehead atoms. The van der Waals surface area contributed by atoms with Gasteiger partial charge in [-0.15, -0.1) is 0 Å². The summed E-state index contributed by atoms with van der Waals surface area (Å²) in [5, 5.41) is 3.38. The molecule has 1 aromatic carbocycles. The molecule has 0 fully saturated rings. The van der Waals surface area contributed by atoms with Crippen LogP contribution in [0.2, 0.25) is 0 Å². The fraction of sp³-hybridized carbons (Fsp3) is 0.250. The molecular weight excluding hydrogens is 218 g/mol. The molecule has 0 unspecified atom stereocenters. The summed E-state index contributed by atoms with van der Waals surface area (Å²) >= 11 is 1.89. The summed E-state index contributed by atoms with van der Waals surface area (Å²) in [6.45, 7) is 0.985. The van der Waals surface area contributed by atoms with Crippen molar-refractivity contribution in [2.45, 2.75) is 5.75 Å². The van der Waals surface area contributed by atoms with E-state index in [1.54, 1.807) is 6.33 Å². The number of benzene rings is 1. The zero-order chi connectivity index (χ0) is 11.1. The molecule has 0 aliphatic rings. The van der Waals surface area contributed by atoms with E-state index in [0.717, 1.165) is 23.7 Å². The van der Waals surface area contributed by atoms with E-state index in [0.29, 0.717) is 0 Å². The number of rotatable bonds is 6. The highest BCUT2D eigenvalue weighted by Gasteiger charge is 1.95. The number of para-hydroxylation sites is 1. The lowest BCUT2D eigenvalue weighted by Crippen LogP contribution is -2.03. The van der Waals surface area contributed by atoms with Gasteiger partial charge in [-0.3, -0.25) is 0 Å². The molecule has 2 N–H and O–H groups in total. The lowest BCUT2D eigenvalue weighted by Gasteiger charge is -2.04. The Morgan fingerprint density at radius 2 is 2.12 bits per heavy atom. The molecule has 2 rings (SSSR count). The lowest BCUT2D eigenvalue weighted by molar-refractivity contribution is 1.20. The maximum Gasteiger partial charge on any atom is 0.0923 e. The predicted octanol–water partition coefficient (Wildman–Crippen LogP) is 2.76. The van der Waals surface area contributed by atoms with Crippen molar-refractivity contribution in [3.8, 4) is 0 Å². The summed E-state index contributed by atoms with van der Waals surface area (Å²) < 4.78 is 0. The van der Waals surface area contributed by atoms with Gasteiger partial charge in [-0.1, -0.05) is 18.2 Å². The summed E-state index contributed by atoms with van der Waals surface area (Å²) in [4.78, 5) is 7.13. The summed E-state index contributed by atoms with van der Waals surface area (Å²) in [6, 6.07) is 10.3. The molecular formula is C12H15N3S.